The van der Waals surface area contributed by atoms with Gasteiger partial charge in [0.2, 0.25) is 0 Å². The monoisotopic (exact) mass is 312 g/mol. The van der Waals surface area contributed by atoms with Crippen LogP contribution in [0.5, 0.6) is 0 Å². The molecule has 0 aliphatic carbocycles. The minimum absolute atomic E-state index is 0.0666. The predicted molar refractivity (Wildman–Crippen MR) is 96.1 cm³/mol. The number of hydrogen-bond donors (Lipinski definition) is 0. The summed E-state index contributed by atoms with van der Waals surface area (Å²) in [5.41, 5.74) is 0. The summed E-state index contributed by atoms with van der Waals surface area (Å²) in [7, 11) is 1.47. The topological polar surface area (TPSA) is 26.3 Å². The fourth-order valence-electron chi connectivity index (χ4n) is 2.99. The number of rotatable bonds is 16. The number of carbonyl (C=O) groups excluding carboxylic acids is 1. The maximum absolute atomic E-state index is 11.0. The molecule has 0 rings (SSSR count). The Morgan fingerprint density at radius 1 is 0.773 bits per heavy atom. The Morgan fingerprint density at radius 2 is 1.23 bits per heavy atom. The average molecular weight is 313 g/mol. The van der Waals surface area contributed by atoms with Crippen LogP contribution in [0, 0.1) is 5.92 Å². The number of ether oxygens (including phenoxy) is 1. The summed E-state index contributed by atoms with van der Waals surface area (Å²) in [6.07, 6.45) is 19.4. The molecule has 0 aliphatic rings. The van der Waals surface area contributed by atoms with Gasteiger partial charge in [-0.2, -0.15) is 0 Å². The van der Waals surface area contributed by atoms with Crippen LogP contribution in [-0.4, -0.2) is 13.1 Å². The highest BCUT2D eigenvalue weighted by molar-refractivity contribution is 5.68. The first-order valence-corrected chi connectivity index (χ1v) is 9.77. The van der Waals surface area contributed by atoms with Crippen LogP contribution in [0.3, 0.4) is 0 Å². The zero-order valence-electron chi connectivity index (χ0n) is 15.5. The third-order valence-electron chi connectivity index (χ3n) is 4.61. The molecule has 1 unspecified atom stereocenters. The van der Waals surface area contributed by atoms with Gasteiger partial charge in [0.15, 0.2) is 0 Å². The third-order valence-corrected chi connectivity index (χ3v) is 4.61. The molecule has 132 valence electrons. The first-order valence-electron chi connectivity index (χ1n) is 9.77. The van der Waals surface area contributed by atoms with E-state index >= 15 is 0 Å². The van der Waals surface area contributed by atoms with Crippen molar-refractivity contribution < 1.29 is 9.53 Å². The number of methoxy groups -OCH3 is 1. The van der Waals surface area contributed by atoms with E-state index in [1.165, 1.54) is 90.6 Å². The van der Waals surface area contributed by atoms with Gasteiger partial charge in [-0.25, -0.2) is 0 Å². The maximum Gasteiger partial charge on any atom is 0.305 e. The summed E-state index contributed by atoms with van der Waals surface area (Å²) in [6, 6.07) is 0. The lowest BCUT2D eigenvalue weighted by atomic mass is 9.96. The quantitative estimate of drug-likeness (QED) is 0.235. The molecule has 0 amide bonds. The number of carbonyl (C=O) groups is 1. The van der Waals surface area contributed by atoms with Crippen molar-refractivity contribution >= 4 is 5.97 Å². The first kappa shape index (κ1) is 21.5. The van der Waals surface area contributed by atoms with Gasteiger partial charge in [0.25, 0.3) is 0 Å². The molecule has 0 fully saturated rings. The van der Waals surface area contributed by atoms with Crippen LogP contribution >= 0.6 is 0 Å². The van der Waals surface area contributed by atoms with E-state index in [0.717, 1.165) is 12.3 Å². The van der Waals surface area contributed by atoms with Crippen molar-refractivity contribution in [2.24, 2.45) is 5.92 Å². The molecule has 0 bridgehead atoms. The van der Waals surface area contributed by atoms with E-state index in [4.69, 9.17) is 0 Å². The highest BCUT2D eigenvalue weighted by atomic mass is 16.5. The second kappa shape index (κ2) is 16.8. The number of hydrogen-bond acceptors (Lipinski definition) is 2. The Morgan fingerprint density at radius 3 is 1.73 bits per heavy atom. The lowest BCUT2D eigenvalue weighted by Gasteiger charge is -2.11. The van der Waals surface area contributed by atoms with E-state index in [1.807, 2.05) is 0 Å². The molecule has 22 heavy (non-hydrogen) atoms. The van der Waals surface area contributed by atoms with Crippen molar-refractivity contribution in [1.29, 1.82) is 0 Å². The molecule has 0 N–H and O–H groups in total. The van der Waals surface area contributed by atoms with Crippen LogP contribution in [-0.2, 0) is 9.53 Å². The van der Waals surface area contributed by atoms with Crippen molar-refractivity contribution in [3.8, 4) is 0 Å². The molecular weight excluding hydrogens is 272 g/mol. The minimum atomic E-state index is -0.0666. The van der Waals surface area contributed by atoms with E-state index in [1.54, 1.807) is 0 Å². The second-order valence-electron chi connectivity index (χ2n) is 6.90. The predicted octanol–water partition coefficient (Wildman–Crippen LogP) is 6.67. The van der Waals surface area contributed by atoms with Crippen LogP contribution < -0.4 is 0 Å². The molecule has 2 heteroatoms. The molecule has 0 aliphatic heterocycles. The first-order chi connectivity index (χ1) is 10.7. The summed E-state index contributed by atoms with van der Waals surface area (Å²) >= 11 is 0. The van der Waals surface area contributed by atoms with Crippen molar-refractivity contribution in [3.63, 3.8) is 0 Å². The Balaban J connectivity index is 3.19. The van der Waals surface area contributed by atoms with Crippen LogP contribution in [0.1, 0.15) is 110 Å². The lowest BCUT2D eigenvalue weighted by Crippen LogP contribution is -1.99. The van der Waals surface area contributed by atoms with Gasteiger partial charge in [0.1, 0.15) is 0 Å². The van der Waals surface area contributed by atoms with Crippen molar-refractivity contribution in [2.45, 2.75) is 110 Å². The molecule has 0 aromatic rings. The number of unbranched alkanes of at least 4 members (excludes halogenated alkanes) is 10. The van der Waals surface area contributed by atoms with Gasteiger partial charge < -0.3 is 4.74 Å². The Labute approximate surface area is 139 Å². The van der Waals surface area contributed by atoms with E-state index in [-0.39, 0.29) is 5.97 Å². The van der Waals surface area contributed by atoms with Crippen LogP contribution in [0.25, 0.3) is 0 Å². The smallest absolute Gasteiger partial charge is 0.305 e. The molecule has 1 atom stereocenters. The minimum Gasteiger partial charge on any atom is -0.469 e. The fraction of sp³-hybridized carbons (Fsp3) is 0.950. The summed E-state index contributed by atoms with van der Waals surface area (Å²) in [5, 5.41) is 0. The normalized spacial score (nSPS) is 12.3. The van der Waals surface area contributed by atoms with Gasteiger partial charge in [-0.15, -0.1) is 0 Å². The highest BCUT2D eigenvalue weighted by Gasteiger charge is 2.03. The van der Waals surface area contributed by atoms with Crippen LogP contribution in [0.4, 0.5) is 0 Å². The van der Waals surface area contributed by atoms with Gasteiger partial charge in [-0.1, -0.05) is 97.3 Å². The largest absolute Gasteiger partial charge is 0.469 e. The summed E-state index contributed by atoms with van der Waals surface area (Å²) in [6.45, 7) is 4.68. The van der Waals surface area contributed by atoms with Gasteiger partial charge >= 0.3 is 5.97 Å². The average Bonchev–Trinajstić information content (AvgIpc) is 2.52. The molecule has 2 nitrogen and oxygen atoms in total. The van der Waals surface area contributed by atoms with E-state index in [0.29, 0.717) is 6.42 Å². The summed E-state index contributed by atoms with van der Waals surface area (Å²) in [5.74, 6) is 0.809. The Kier molecular flexibility index (Phi) is 16.4. The second-order valence-corrected chi connectivity index (χ2v) is 6.90. The zero-order chi connectivity index (χ0) is 16.5. The highest BCUT2D eigenvalue weighted by Crippen LogP contribution is 2.18. The van der Waals surface area contributed by atoms with Gasteiger partial charge in [-0.3, -0.25) is 4.79 Å². The van der Waals surface area contributed by atoms with E-state index in [9.17, 15) is 4.79 Å². The molecule has 0 radical (unpaired) electrons. The number of esters is 1. The zero-order valence-corrected chi connectivity index (χ0v) is 15.5. The molecule has 0 aromatic heterocycles. The Hall–Kier alpha value is -0.530. The molecular formula is C20H40O2. The molecule has 0 saturated heterocycles. The van der Waals surface area contributed by atoms with E-state index in [2.05, 4.69) is 18.6 Å². The molecule has 0 spiro atoms. The maximum atomic E-state index is 11.0. The van der Waals surface area contributed by atoms with E-state index < -0.39 is 0 Å². The SMILES string of the molecule is CCCCCCCCCCC(C)CCCCCCC(=O)OC. The fourth-order valence-corrected chi connectivity index (χ4v) is 2.99. The Bertz CT molecular complexity index is 238. The van der Waals surface area contributed by atoms with Crippen molar-refractivity contribution in [3.05, 3.63) is 0 Å². The standard InChI is InChI=1S/C20H40O2/c1-4-5-6-7-8-9-10-13-16-19(2)17-14-11-12-15-18-20(21)22-3/h19H,4-18H2,1-3H3. The molecule has 0 heterocycles. The lowest BCUT2D eigenvalue weighted by molar-refractivity contribution is -0.140. The molecule has 0 aromatic carbocycles. The summed E-state index contributed by atoms with van der Waals surface area (Å²) < 4.78 is 4.65. The summed E-state index contributed by atoms with van der Waals surface area (Å²) in [4.78, 5) is 11.0. The van der Waals surface area contributed by atoms with Crippen molar-refractivity contribution in [1.82, 2.24) is 0 Å². The van der Waals surface area contributed by atoms with Gasteiger partial charge in [0.05, 0.1) is 7.11 Å². The van der Waals surface area contributed by atoms with Gasteiger partial charge in [-0.05, 0) is 12.3 Å². The third kappa shape index (κ3) is 15.9. The van der Waals surface area contributed by atoms with Crippen molar-refractivity contribution in [2.75, 3.05) is 7.11 Å². The van der Waals surface area contributed by atoms with Crippen LogP contribution in [0.2, 0.25) is 0 Å². The molecule has 0 saturated carbocycles. The van der Waals surface area contributed by atoms with Crippen LogP contribution in [0.15, 0.2) is 0 Å². The van der Waals surface area contributed by atoms with Gasteiger partial charge in [0, 0.05) is 6.42 Å².